The number of nitrogens with one attached hydrogen (secondary N) is 4. The highest BCUT2D eigenvalue weighted by Gasteiger charge is 2.47. The second kappa shape index (κ2) is 37.5. The monoisotopic (exact) mass is 1150 g/mol. The normalized spacial score (nSPS) is 18.9. The van der Waals surface area contributed by atoms with Crippen molar-refractivity contribution < 1.29 is 117 Å². The second-order valence-electron chi connectivity index (χ2n) is 19.2. The summed E-state index contributed by atoms with van der Waals surface area (Å²) in [7, 11) is 0. The molecule has 0 bridgehead atoms. The Bertz CT molecular complexity index is 2200. The summed E-state index contributed by atoms with van der Waals surface area (Å²) >= 11 is 0. The molecule has 452 valence electrons. The van der Waals surface area contributed by atoms with Crippen molar-refractivity contribution in [2.45, 2.75) is 134 Å². The van der Waals surface area contributed by atoms with Crippen molar-refractivity contribution in [2.75, 3.05) is 72.6 Å². The van der Waals surface area contributed by atoms with E-state index in [1.165, 1.54) is 27.0 Å². The number of aromatic nitrogens is 3. The minimum Gasteiger partial charge on any atom is -0.481 e. The van der Waals surface area contributed by atoms with Crippen LogP contribution < -0.4 is 21.3 Å². The van der Waals surface area contributed by atoms with Crippen LogP contribution in [0.1, 0.15) is 84.3 Å². The van der Waals surface area contributed by atoms with Gasteiger partial charge in [-0.15, -0.1) is 5.10 Å². The zero-order valence-corrected chi connectivity index (χ0v) is 44.9. The van der Waals surface area contributed by atoms with Gasteiger partial charge in [0.15, 0.2) is 17.3 Å². The molecule has 80 heavy (non-hydrogen) atoms. The van der Waals surface area contributed by atoms with Crippen LogP contribution in [0, 0.1) is 23.7 Å². The molecule has 1 aliphatic heterocycles. The molecular formula is C49H76FN7O23. The third kappa shape index (κ3) is 27.1. The van der Waals surface area contributed by atoms with E-state index in [4.69, 9.17) is 28.8 Å². The standard InChI is InChI=1S/C49H76FN7O23/c1-27(2)31(49(75)54-33(23-42(68)69)34(58)19-28(3)47(73)51-10-12-77-14-16-79-18-17-78-15-13-76-11-8-40(64)65)22-35(59)32(6-7-39(62)63)53-48(74)29(21-41(66)67)20-36(60)46-45(72)44(71)43(70)37(80-46)24-52-38(61)26-57-25-30(55-56-57)5-4-9-50/h25,27-29,31-33,37,43-46,70-72H,4-24,26H2,1-3H3,(H,51,73)(H,52,61)(H,53,74)(H,54,75)(H,62,63)(H,64,65)(H,66,67)(H,68,69)/t28-,29+,31+,32+,33+,37?,43?,44?,45?,46?/m1/s1/i50-1. The number of amides is 4. The molecule has 2 rings (SSSR count). The Morgan fingerprint density at radius 3 is 1.80 bits per heavy atom. The number of ketones is 3. The van der Waals surface area contributed by atoms with Crippen LogP contribution >= 0.6 is 0 Å². The van der Waals surface area contributed by atoms with Gasteiger partial charge in [-0.25, -0.2) is 4.68 Å². The van der Waals surface area contributed by atoms with Crippen LogP contribution in [0.2, 0.25) is 0 Å². The van der Waals surface area contributed by atoms with E-state index in [2.05, 4.69) is 31.6 Å². The molecule has 30 nitrogen and oxygen atoms in total. The summed E-state index contributed by atoms with van der Waals surface area (Å²) in [5.41, 5.74) is 0.420. The number of rotatable bonds is 44. The van der Waals surface area contributed by atoms with Crippen LogP contribution in [-0.2, 0) is 89.4 Å². The number of carboxylic acid groups (broad SMARTS) is 4. The predicted molar refractivity (Wildman–Crippen MR) is 268 cm³/mol. The van der Waals surface area contributed by atoms with Gasteiger partial charge in [0.1, 0.15) is 37.1 Å². The Morgan fingerprint density at radius 2 is 1.23 bits per heavy atom. The lowest BCUT2D eigenvalue weighted by molar-refractivity contribution is -0.218. The first-order valence-corrected chi connectivity index (χ1v) is 25.9. The van der Waals surface area contributed by atoms with Gasteiger partial charge in [0.05, 0.1) is 102 Å². The summed E-state index contributed by atoms with van der Waals surface area (Å²) < 4.78 is 40.4. The average molecular weight is 1150 g/mol. The van der Waals surface area contributed by atoms with Crippen molar-refractivity contribution >= 4 is 64.9 Å². The summed E-state index contributed by atoms with van der Waals surface area (Å²) in [5.74, 6) is -16.9. The molecule has 1 aromatic heterocycles. The lowest BCUT2D eigenvalue weighted by Crippen LogP contribution is -2.62. The molecule has 1 fully saturated rings. The largest absolute Gasteiger partial charge is 0.481 e. The summed E-state index contributed by atoms with van der Waals surface area (Å²) in [6, 6.07) is -3.41. The number of hydrogen-bond acceptors (Lipinski definition) is 21. The minimum absolute atomic E-state index is 0.0373. The number of aliphatic hydroxyl groups is 3. The summed E-state index contributed by atoms with van der Waals surface area (Å²) in [6.45, 7) is 4.47. The summed E-state index contributed by atoms with van der Waals surface area (Å²) in [5, 5.41) is 86.6. The molecule has 0 saturated carbocycles. The Balaban J connectivity index is 2.04. The highest BCUT2D eigenvalue weighted by molar-refractivity contribution is 5.98. The zero-order chi connectivity index (χ0) is 59.9. The fraction of sp³-hybridized carbons (Fsp3) is 0.735. The topological polar surface area (TPSA) is 454 Å². The average Bonchev–Trinajstić information content (AvgIpc) is 3.83. The van der Waals surface area contributed by atoms with E-state index in [0.29, 0.717) is 5.69 Å². The molecule has 10 atom stereocenters. The van der Waals surface area contributed by atoms with Crippen LogP contribution in [0.15, 0.2) is 6.20 Å². The van der Waals surface area contributed by atoms with Crippen LogP contribution in [0.5, 0.6) is 0 Å². The Kier molecular flexibility index (Phi) is 32.6. The molecule has 4 amide bonds. The molecule has 0 spiro atoms. The van der Waals surface area contributed by atoms with Gasteiger partial charge in [0, 0.05) is 56.8 Å². The number of carbonyl (C=O) groups excluding carboxylic acids is 7. The molecule has 2 heterocycles. The number of nitrogens with zero attached hydrogens (tertiary/aromatic N) is 3. The lowest BCUT2D eigenvalue weighted by Gasteiger charge is -2.40. The number of aryl methyl sites for hydroxylation is 1. The van der Waals surface area contributed by atoms with Gasteiger partial charge < -0.3 is 80.7 Å². The van der Waals surface area contributed by atoms with Crippen molar-refractivity contribution in [2.24, 2.45) is 23.7 Å². The molecule has 1 saturated heterocycles. The first-order chi connectivity index (χ1) is 37.8. The number of ether oxygens (including phenoxy) is 5. The van der Waals surface area contributed by atoms with E-state index in [1.807, 2.05) is 0 Å². The van der Waals surface area contributed by atoms with Crippen molar-refractivity contribution in [1.82, 2.24) is 36.3 Å². The molecule has 1 aromatic rings. The first kappa shape index (κ1) is 69.6. The van der Waals surface area contributed by atoms with E-state index < -0.39 is 189 Å². The van der Waals surface area contributed by atoms with Crippen LogP contribution in [0.25, 0.3) is 0 Å². The maximum absolute atomic E-state index is 13.9. The van der Waals surface area contributed by atoms with Crippen molar-refractivity contribution in [3.05, 3.63) is 11.9 Å². The number of aliphatic carboxylic acids is 4. The van der Waals surface area contributed by atoms with Gasteiger partial charge in [0.25, 0.3) is 0 Å². The third-order valence-electron chi connectivity index (χ3n) is 12.3. The van der Waals surface area contributed by atoms with Crippen LogP contribution in [-0.4, -0.2) is 231 Å². The quantitative estimate of drug-likeness (QED) is 0.0290. The maximum Gasteiger partial charge on any atom is 0.305 e. The van der Waals surface area contributed by atoms with E-state index in [-0.39, 0.29) is 85.2 Å². The smallest absolute Gasteiger partial charge is 0.305 e. The third-order valence-corrected chi connectivity index (χ3v) is 12.3. The minimum atomic E-state index is -2.12. The van der Waals surface area contributed by atoms with E-state index >= 15 is 0 Å². The number of hydrogen-bond donors (Lipinski definition) is 11. The Morgan fingerprint density at radius 1 is 0.650 bits per heavy atom. The van der Waals surface area contributed by atoms with E-state index in [9.17, 15) is 87.8 Å². The number of alkyl halides is 1. The molecular weight excluding hydrogens is 1070 g/mol. The number of halogens is 1. The molecule has 5 unspecified atom stereocenters. The Labute approximate surface area is 459 Å². The van der Waals surface area contributed by atoms with E-state index in [1.54, 1.807) is 0 Å². The Hall–Kier alpha value is -6.48. The summed E-state index contributed by atoms with van der Waals surface area (Å²) in [4.78, 5) is 140. The predicted octanol–water partition coefficient (Wildman–Crippen LogP) is -3.01. The number of carbonyl (C=O) groups is 11. The van der Waals surface area contributed by atoms with Gasteiger partial charge in [-0.05, 0) is 25.2 Å². The highest BCUT2D eigenvalue weighted by Crippen LogP contribution is 2.26. The molecule has 1 aliphatic rings. The van der Waals surface area contributed by atoms with Crippen LogP contribution in [0.3, 0.4) is 0 Å². The fourth-order valence-corrected chi connectivity index (χ4v) is 7.85. The number of Topliss-reactive ketones (excluding diaryl/α,β-unsaturated/α-hetero) is 3. The van der Waals surface area contributed by atoms with E-state index in [0.717, 1.165) is 4.68 Å². The fourth-order valence-electron chi connectivity index (χ4n) is 7.85. The van der Waals surface area contributed by atoms with Crippen LogP contribution in [0.4, 0.5) is 4.39 Å². The zero-order valence-electron chi connectivity index (χ0n) is 44.9. The molecule has 11 N–H and O–H groups in total. The van der Waals surface area contributed by atoms with Crippen molar-refractivity contribution in [1.29, 1.82) is 0 Å². The SMILES string of the molecule is CC(C)[C@H](CC(=O)[C@H](CCC(=O)O)NC(=O)[C@H](CC(=O)O)CC(=O)C1OC(CNC(=O)Cn2cc(CCC[18F])nn2)C(O)C(O)C1O)C(=O)N[C@@H](CC(=O)O)C(=O)C[C@@H](C)C(=O)NCCOCCOCCOCCOCCC(=O)O. The van der Waals surface area contributed by atoms with Crippen molar-refractivity contribution in [3.63, 3.8) is 0 Å². The second-order valence-corrected chi connectivity index (χ2v) is 19.2. The molecule has 0 aliphatic carbocycles. The molecule has 0 aromatic carbocycles. The number of aliphatic hydroxyl groups excluding tert-OH is 3. The lowest BCUT2D eigenvalue weighted by atomic mass is 9.86. The maximum atomic E-state index is 13.9. The van der Waals surface area contributed by atoms with Gasteiger partial charge >= 0.3 is 23.9 Å². The number of carboxylic acids is 4. The highest BCUT2D eigenvalue weighted by atomic mass is 18.2. The van der Waals surface area contributed by atoms with Gasteiger partial charge in [-0.1, -0.05) is 26.0 Å². The van der Waals surface area contributed by atoms with Gasteiger partial charge in [-0.2, -0.15) is 0 Å². The molecule has 0 radical (unpaired) electrons. The first-order valence-electron chi connectivity index (χ1n) is 25.9. The summed E-state index contributed by atoms with van der Waals surface area (Å²) in [6.07, 6.45) is -13.4. The van der Waals surface area contributed by atoms with Gasteiger partial charge in [-0.3, -0.25) is 57.1 Å². The van der Waals surface area contributed by atoms with Gasteiger partial charge in [0.2, 0.25) is 23.6 Å². The molecule has 31 heteroatoms. The van der Waals surface area contributed by atoms with Crippen molar-refractivity contribution in [3.8, 4) is 0 Å².